The van der Waals surface area contributed by atoms with E-state index in [1.807, 2.05) is 6.08 Å². The molecule has 0 unspecified atom stereocenters. The normalized spacial score (nSPS) is 14.1. The topological polar surface area (TPSA) is 9.23 Å². The molecule has 0 radical (unpaired) electrons. The van der Waals surface area contributed by atoms with Crippen LogP contribution in [0, 0.1) is 0 Å². The van der Waals surface area contributed by atoms with Crippen LogP contribution in [0.2, 0.25) is 0 Å². The van der Waals surface area contributed by atoms with Gasteiger partial charge in [0.2, 0.25) is 0 Å². The minimum Gasteiger partial charge on any atom is -0.377 e. The van der Waals surface area contributed by atoms with Gasteiger partial charge in [0.15, 0.2) is 0 Å². The van der Waals surface area contributed by atoms with Crippen molar-refractivity contribution in [3.63, 3.8) is 0 Å². The van der Waals surface area contributed by atoms with E-state index in [1.165, 1.54) is 30.4 Å². The first kappa shape index (κ1) is 13.1. The van der Waals surface area contributed by atoms with Crippen LogP contribution in [-0.4, -0.2) is 13.2 Å². The van der Waals surface area contributed by atoms with Crippen molar-refractivity contribution in [2.45, 2.75) is 32.1 Å². The van der Waals surface area contributed by atoms with Crippen molar-refractivity contribution in [2.75, 3.05) is 13.2 Å². The van der Waals surface area contributed by atoms with Crippen molar-refractivity contribution in [3.8, 4) is 0 Å². The molecule has 0 aliphatic heterocycles. The Bertz CT molecular complexity index is 397. The molecule has 0 spiro atoms. The first-order valence-electron chi connectivity index (χ1n) is 6.85. The van der Waals surface area contributed by atoms with Gasteiger partial charge in [0, 0.05) is 6.61 Å². The van der Waals surface area contributed by atoms with Gasteiger partial charge in [-0.05, 0) is 43.2 Å². The van der Waals surface area contributed by atoms with E-state index in [4.69, 9.17) is 4.74 Å². The molecule has 1 aliphatic carbocycles. The quantitative estimate of drug-likeness (QED) is 0.648. The zero-order chi connectivity index (χ0) is 12.6. The third-order valence-electron chi connectivity index (χ3n) is 3.51. The number of hydrogen-bond acceptors (Lipinski definition) is 1. The van der Waals surface area contributed by atoms with Gasteiger partial charge in [0.25, 0.3) is 0 Å². The predicted octanol–water partition coefficient (Wildman–Crippen LogP) is 4.30. The number of aryl methyl sites for hydroxylation is 1. The lowest BCUT2D eigenvalue weighted by molar-refractivity contribution is 0.154. The highest BCUT2D eigenvalue weighted by Crippen LogP contribution is 2.29. The van der Waals surface area contributed by atoms with Crippen LogP contribution in [0.4, 0.5) is 0 Å². The van der Waals surface area contributed by atoms with Crippen LogP contribution in [0.5, 0.6) is 0 Å². The molecule has 1 aromatic carbocycles. The van der Waals surface area contributed by atoms with Crippen LogP contribution in [0.1, 0.15) is 31.2 Å². The van der Waals surface area contributed by atoms with E-state index in [9.17, 15) is 0 Å². The molecule has 1 nitrogen and oxygen atoms in total. The molecule has 2 rings (SSSR count). The molecule has 96 valence electrons. The Balaban J connectivity index is 1.63. The van der Waals surface area contributed by atoms with Crippen molar-refractivity contribution in [1.82, 2.24) is 0 Å². The highest BCUT2D eigenvalue weighted by atomic mass is 16.5. The molecule has 0 heterocycles. The Kier molecular flexibility index (Phi) is 5.22. The van der Waals surface area contributed by atoms with E-state index < -0.39 is 0 Å². The van der Waals surface area contributed by atoms with Crippen molar-refractivity contribution in [2.24, 2.45) is 0 Å². The average Bonchev–Trinajstić information content (AvgIpc) is 2.36. The summed E-state index contributed by atoms with van der Waals surface area (Å²) in [6.45, 7) is 5.45. The molecule has 0 amide bonds. The molecule has 1 aliphatic rings. The second kappa shape index (κ2) is 7.17. The molecule has 18 heavy (non-hydrogen) atoms. The van der Waals surface area contributed by atoms with Crippen molar-refractivity contribution < 1.29 is 4.74 Å². The second-order valence-corrected chi connectivity index (χ2v) is 4.83. The molecule has 1 fully saturated rings. The van der Waals surface area contributed by atoms with Crippen molar-refractivity contribution in [1.29, 1.82) is 0 Å². The summed E-state index contributed by atoms with van der Waals surface area (Å²) >= 11 is 0. The maximum atomic E-state index is 5.74. The van der Waals surface area contributed by atoms with E-state index in [1.54, 1.807) is 5.57 Å². The number of benzene rings is 1. The van der Waals surface area contributed by atoms with Gasteiger partial charge in [0.05, 0.1) is 6.61 Å². The molecular formula is C17H22O. The molecule has 0 aromatic heterocycles. The van der Waals surface area contributed by atoms with Crippen LogP contribution in [0.15, 0.2) is 54.1 Å². The molecule has 0 N–H and O–H groups in total. The van der Waals surface area contributed by atoms with E-state index in [-0.39, 0.29) is 0 Å². The van der Waals surface area contributed by atoms with Crippen molar-refractivity contribution in [3.05, 3.63) is 59.7 Å². The summed E-state index contributed by atoms with van der Waals surface area (Å²) < 4.78 is 5.74. The number of rotatable bonds is 7. The molecule has 1 aromatic rings. The third-order valence-corrected chi connectivity index (χ3v) is 3.51. The van der Waals surface area contributed by atoms with Gasteiger partial charge < -0.3 is 4.74 Å². The predicted molar refractivity (Wildman–Crippen MR) is 76.7 cm³/mol. The molecule has 0 atom stereocenters. The van der Waals surface area contributed by atoms with E-state index in [0.717, 1.165) is 26.1 Å². The zero-order valence-corrected chi connectivity index (χ0v) is 11.0. The van der Waals surface area contributed by atoms with Crippen LogP contribution in [0.25, 0.3) is 0 Å². The Morgan fingerprint density at radius 3 is 2.61 bits per heavy atom. The van der Waals surface area contributed by atoms with Crippen LogP contribution >= 0.6 is 0 Å². The highest BCUT2D eigenvalue weighted by molar-refractivity contribution is 5.28. The largest absolute Gasteiger partial charge is 0.377 e. The smallest absolute Gasteiger partial charge is 0.0716 e. The minimum absolute atomic E-state index is 0.744. The molecule has 0 saturated heterocycles. The summed E-state index contributed by atoms with van der Waals surface area (Å²) in [7, 11) is 0. The molecule has 1 saturated carbocycles. The summed E-state index contributed by atoms with van der Waals surface area (Å²) in [6, 6.07) is 10.6. The highest BCUT2D eigenvalue weighted by Gasteiger charge is 2.12. The summed E-state index contributed by atoms with van der Waals surface area (Å²) in [4.78, 5) is 0. The maximum Gasteiger partial charge on any atom is 0.0716 e. The Labute approximate surface area is 110 Å². The Hall–Kier alpha value is -1.34. The first-order valence-corrected chi connectivity index (χ1v) is 6.85. The minimum atomic E-state index is 0.744. The fraction of sp³-hybridized carbons (Fsp3) is 0.412. The first-order chi connectivity index (χ1) is 8.90. The SMILES string of the molecule is C=CC(COCCCc1ccccc1)=C1CCC1. The third kappa shape index (κ3) is 3.85. The maximum absolute atomic E-state index is 5.74. The second-order valence-electron chi connectivity index (χ2n) is 4.83. The van der Waals surface area contributed by atoms with Gasteiger partial charge in [-0.3, -0.25) is 0 Å². The lowest BCUT2D eigenvalue weighted by atomic mass is 9.88. The lowest BCUT2D eigenvalue weighted by Gasteiger charge is -2.20. The van der Waals surface area contributed by atoms with Crippen LogP contribution in [0.3, 0.4) is 0 Å². The van der Waals surface area contributed by atoms with E-state index >= 15 is 0 Å². The summed E-state index contributed by atoms with van der Waals surface area (Å²) in [6.07, 6.45) is 7.97. The van der Waals surface area contributed by atoms with Crippen molar-refractivity contribution >= 4 is 0 Å². The van der Waals surface area contributed by atoms with E-state index in [2.05, 4.69) is 36.9 Å². The van der Waals surface area contributed by atoms with Gasteiger partial charge in [-0.2, -0.15) is 0 Å². The van der Waals surface area contributed by atoms with Gasteiger partial charge in [0.1, 0.15) is 0 Å². The van der Waals surface area contributed by atoms with E-state index in [0.29, 0.717) is 0 Å². The lowest BCUT2D eigenvalue weighted by Crippen LogP contribution is -2.07. The number of hydrogen-bond donors (Lipinski definition) is 0. The number of allylic oxidation sites excluding steroid dienone is 1. The van der Waals surface area contributed by atoms with Crippen LogP contribution < -0.4 is 0 Å². The van der Waals surface area contributed by atoms with Gasteiger partial charge in [-0.1, -0.05) is 48.6 Å². The molecule has 0 bridgehead atoms. The monoisotopic (exact) mass is 242 g/mol. The summed E-state index contributed by atoms with van der Waals surface area (Å²) in [5.41, 5.74) is 4.26. The van der Waals surface area contributed by atoms with Gasteiger partial charge in [-0.25, -0.2) is 0 Å². The van der Waals surface area contributed by atoms with Gasteiger partial charge in [-0.15, -0.1) is 0 Å². The zero-order valence-electron chi connectivity index (χ0n) is 11.0. The van der Waals surface area contributed by atoms with Crippen LogP contribution in [-0.2, 0) is 11.2 Å². The molecule has 1 heteroatoms. The fourth-order valence-electron chi connectivity index (χ4n) is 2.19. The Morgan fingerprint density at radius 1 is 1.22 bits per heavy atom. The summed E-state index contributed by atoms with van der Waals surface area (Å²) in [5, 5.41) is 0. The summed E-state index contributed by atoms with van der Waals surface area (Å²) in [5.74, 6) is 0. The molecular weight excluding hydrogens is 220 g/mol. The number of ether oxygens (including phenoxy) is 1. The fourth-order valence-corrected chi connectivity index (χ4v) is 2.19. The van der Waals surface area contributed by atoms with Gasteiger partial charge >= 0.3 is 0 Å². The average molecular weight is 242 g/mol. The standard InChI is InChI=1S/C17H22O/c1-2-16(17-11-6-12-17)14-18-13-7-10-15-8-4-3-5-9-15/h2-5,8-9H,1,6-7,10-14H2. The Morgan fingerprint density at radius 2 is 2.00 bits per heavy atom.